The van der Waals surface area contributed by atoms with Crippen molar-refractivity contribution in [3.63, 3.8) is 0 Å². The molecule has 11 heteroatoms. The maximum atomic E-state index is 14.2. The van der Waals surface area contributed by atoms with Crippen LogP contribution in [0.2, 0.25) is 0 Å². The van der Waals surface area contributed by atoms with Crippen molar-refractivity contribution in [1.82, 2.24) is 4.57 Å². The number of allylic oxidation sites excluding steroid dienone is 1. The SMILES string of the molecule is COc1cccc([C@@H]2C(C(=O)Nc3ccccc3)=C(C)N=c3s/c(=C\c4cc(I)c(OCc5ccccc5F)c(OC)c4)c(=O)n32)c1. The lowest BCUT2D eigenvalue weighted by Gasteiger charge is -2.25. The summed E-state index contributed by atoms with van der Waals surface area (Å²) in [5.74, 6) is 0.803. The molecule has 2 heterocycles. The van der Waals surface area contributed by atoms with Gasteiger partial charge in [0.25, 0.3) is 11.5 Å². The van der Waals surface area contributed by atoms with Crippen LogP contribution in [-0.4, -0.2) is 24.7 Å². The lowest BCUT2D eigenvalue weighted by atomic mass is 9.95. The Morgan fingerprint density at radius 3 is 2.53 bits per heavy atom. The summed E-state index contributed by atoms with van der Waals surface area (Å²) in [5.41, 5.74) is 3.02. The van der Waals surface area contributed by atoms with Crippen molar-refractivity contribution in [1.29, 1.82) is 0 Å². The van der Waals surface area contributed by atoms with Crippen molar-refractivity contribution < 1.29 is 23.4 Å². The van der Waals surface area contributed by atoms with Gasteiger partial charge in [-0.05, 0) is 89.2 Å². The Hall–Kier alpha value is -4.75. The minimum absolute atomic E-state index is 0.0286. The van der Waals surface area contributed by atoms with Crippen LogP contribution >= 0.6 is 33.9 Å². The number of carbonyl (C=O) groups excluding carboxylic acids is 1. The van der Waals surface area contributed by atoms with Gasteiger partial charge in [-0.2, -0.15) is 0 Å². The Labute approximate surface area is 287 Å². The first-order chi connectivity index (χ1) is 22.8. The van der Waals surface area contributed by atoms with E-state index in [1.165, 1.54) is 24.5 Å². The number of amides is 1. The van der Waals surface area contributed by atoms with Crippen molar-refractivity contribution in [2.45, 2.75) is 19.6 Å². The fourth-order valence-electron chi connectivity index (χ4n) is 5.34. The van der Waals surface area contributed by atoms with E-state index in [-0.39, 0.29) is 23.9 Å². The predicted molar refractivity (Wildman–Crippen MR) is 188 cm³/mol. The van der Waals surface area contributed by atoms with Crippen LogP contribution in [0.15, 0.2) is 112 Å². The van der Waals surface area contributed by atoms with Crippen LogP contribution < -0.4 is 34.4 Å². The van der Waals surface area contributed by atoms with Gasteiger partial charge in [-0.15, -0.1) is 0 Å². The van der Waals surface area contributed by atoms with E-state index in [4.69, 9.17) is 19.2 Å². The van der Waals surface area contributed by atoms with Gasteiger partial charge in [0.2, 0.25) is 0 Å². The van der Waals surface area contributed by atoms with Gasteiger partial charge in [0.1, 0.15) is 18.2 Å². The summed E-state index contributed by atoms with van der Waals surface area (Å²) < 4.78 is 34.0. The fraction of sp³-hybridized carbons (Fsp3) is 0.139. The molecule has 6 rings (SSSR count). The van der Waals surface area contributed by atoms with Crippen LogP contribution in [0.5, 0.6) is 17.2 Å². The Morgan fingerprint density at radius 2 is 1.79 bits per heavy atom. The molecule has 0 aliphatic carbocycles. The second kappa shape index (κ2) is 13.9. The van der Waals surface area contributed by atoms with Gasteiger partial charge < -0.3 is 19.5 Å². The maximum Gasteiger partial charge on any atom is 0.271 e. The first kappa shape index (κ1) is 32.2. The molecule has 0 radical (unpaired) electrons. The van der Waals surface area contributed by atoms with Crippen LogP contribution in [0.25, 0.3) is 6.08 Å². The second-order valence-electron chi connectivity index (χ2n) is 10.6. The standard InChI is InChI=1S/C36H29FIN3O5S/c1-21-31(34(42)40-25-12-5-4-6-13-25)32(23-11-9-14-26(19-23)44-2)41-35(43)30(47-36(41)39-21)18-22-16-28(38)33(29(17-22)45-3)46-20-24-10-7-8-15-27(24)37/h4-19,32H,20H2,1-3H3,(H,40,42)/b30-18-/t32-/m1/s1. The van der Waals surface area contributed by atoms with E-state index >= 15 is 0 Å². The van der Waals surface area contributed by atoms with Gasteiger partial charge in [0.05, 0.1) is 39.6 Å². The number of para-hydroxylation sites is 1. The predicted octanol–water partition coefficient (Wildman–Crippen LogP) is 6.21. The number of nitrogens with one attached hydrogen (secondary N) is 1. The van der Waals surface area contributed by atoms with E-state index in [0.717, 1.165) is 3.57 Å². The van der Waals surface area contributed by atoms with Crippen molar-refractivity contribution in [2.75, 3.05) is 19.5 Å². The molecular weight excluding hydrogens is 732 g/mol. The number of rotatable bonds is 9. The first-order valence-corrected chi connectivity index (χ1v) is 16.4. The highest BCUT2D eigenvalue weighted by Gasteiger charge is 2.33. The Bertz CT molecular complexity index is 2200. The maximum absolute atomic E-state index is 14.2. The molecule has 0 bridgehead atoms. The average Bonchev–Trinajstić information content (AvgIpc) is 3.37. The van der Waals surface area contributed by atoms with Gasteiger partial charge in [0.15, 0.2) is 16.3 Å². The lowest BCUT2D eigenvalue weighted by Crippen LogP contribution is -2.40. The third kappa shape index (κ3) is 6.72. The van der Waals surface area contributed by atoms with E-state index in [1.807, 2.05) is 48.5 Å². The Kier molecular flexibility index (Phi) is 9.55. The molecule has 0 unspecified atom stereocenters. The minimum Gasteiger partial charge on any atom is -0.497 e. The van der Waals surface area contributed by atoms with Gasteiger partial charge in [-0.1, -0.05) is 59.9 Å². The topological polar surface area (TPSA) is 91.2 Å². The number of nitrogens with zero attached hydrogens (tertiary/aromatic N) is 2. The summed E-state index contributed by atoms with van der Waals surface area (Å²) >= 11 is 3.37. The summed E-state index contributed by atoms with van der Waals surface area (Å²) in [7, 11) is 3.10. The molecule has 47 heavy (non-hydrogen) atoms. The molecule has 1 aliphatic rings. The van der Waals surface area contributed by atoms with E-state index in [2.05, 4.69) is 27.9 Å². The quantitative estimate of drug-likeness (QED) is 0.181. The number of carbonyl (C=O) groups is 1. The number of hydrogen-bond donors (Lipinski definition) is 1. The molecule has 0 spiro atoms. The third-order valence-corrected chi connectivity index (χ3v) is 9.37. The highest BCUT2D eigenvalue weighted by molar-refractivity contribution is 14.1. The number of ether oxygens (including phenoxy) is 3. The number of anilines is 1. The summed E-state index contributed by atoms with van der Waals surface area (Å²) in [5, 5.41) is 2.96. The zero-order chi connectivity index (χ0) is 33.1. The van der Waals surface area contributed by atoms with Crippen LogP contribution in [0.1, 0.15) is 29.7 Å². The van der Waals surface area contributed by atoms with Crippen LogP contribution in [0.3, 0.4) is 0 Å². The molecule has 0 saturated carbocycles. The third-order valence-electron chi connectivity index (χ3n) is 7.59. The van der Waals surface area contributed by atoms with Crippen molar-refractivity contribution in [3.8, 4) is 17.2 Å². The summed E-state index contributed by atoms with van der Waals surface area (Å²) in [6.45, 7) is 1.80. The number of methoxy groups -OCH3 is 2. The van der Waals surface area contributed by atoms with Gasteiger partial charge in [-0.25, -0.2) is 9.38 Å². The zero-order valence-electron chi connectivity index (χ0n) is 25.6. The molecule has 1 atom stereocenters. The van der Waals surface area contributed by atoms with Crippen molar-refractivity contribution in [3.05, 3.63) is 148 Å². The van der Waals surface area contributed by atoms with Crippen LogP contribution in [-0.2, 0) is 11.4 Å². The van der Waals surface area contributed by atoms with E-state index in [9.17, 15) is 14.0 Å². The number of hydrogen-bond acceptors (Lipinski definition) is 7. The van der Waals surface area contributed by atoms with Crippen molar-refractivity contribution in [2.24, 2.45) is 4.99 Å². The fourth-order valence-corrected chi connectivity index (χ4v) is 7.17. The average molecular weight is 762 g/mol. The number of thiazole rings is 1. The normalized spacial score (nSPS) is 14.3. The zero-order valence-corrected chi connectivity index (χ0v) is 28.6. The second-order valence-corrected chi connectivity index (χ2v) is 12.8. The van der Waals surface area contributed by atoms with Gasteiger partial charge >= 0.3 is 0 Å². The highest BCUT2D eigenvalue weighted by Crippen LogP contribution is 2.35. The van der Waals surface area contributed by atoms with E-state index < -0.39 is 6.04 Å². The van der Waals surface area contributed by atoms with E-state index in [0.29, 0.717) is 60.2 Å². The monoisotopic (exact) mass is 761 g/mol. The molecule has 0 fully saturated rings. The van der Waals surface area contributed by atoms with Crippen molar-refractivity contribution >= 4 is 51.6 Å². The molecule has 4 aromatic carbocycles. The number of fused-ring (bicyclic) bond motifs is 1. The summed E-state index contributed by atoms with van der Waals surface area (Å²) in [6, 6.07) is 25.8. The molecule has 1 aliphatic heterocycles. The van der Waals surface area contributed by atoms with E-state index in [1.54, 1.807) is 61.1 Å². The van der Waals surface area contributed by atoms with Crippen LogP contribution in [0, 0.1) is 9.39 Å². The summed E-state index contributed by atoms with van der Waals surface area (Å²) in [4.78, 5) is 33.2. The number of halogens is 2. The Balaban J connectivity index is 1.42. The molecule has 1 amide bonds. The largest absolute Gasteiger partial charge is 0.497 e. The molecule has 238 valence electrons. The van der Waals surface area contributed by atoms with Gasteiger partial charge in [-0.3, -0.25) is 14.2 Å². The van der Waals surface area contributed by atoms with Crippen LogP contribution in [0.4, 0.5) is 10.1 Å². The molecule has 5 aromatic rings. The first-order valence-electron chi connectivity index (χ1n) is 14.5. The minimum atomic E-state index is -0.754. The molecule has 8 nitrogen and oxygen atoms in total. The molecule has 0 saturated heterocycles. The number of benzene rings is 4. The number of aromatic nitrogens is 1. The molecular formula is C36H29FIN3O5S. The Morgan fingerprint density at radius 1 is 1.02 bits per heavy atom. The smallest absolute Gasteiger partial charge is 0.271 e. The summed E-state index contributed by atoms with van der Waals surface area (Å²) in [6.07, 6.45) is 1.76. The van der Waals surface area contributed by atoms with Gasteiger partial charge in [0, 0.05) is 11.3 Å². The lowest BCUT2D eigenvalue weighted by molar-refractivity contribution is -0.113. The highest BCUT2D eigenvalue weighted by atomic mass is 127. The molecule has 1 aromatic heterocycles. The molecule has 1 N–H and O–H groups in total.